The van der Waals surface area contributed by atoms with Crippen molar-refractivity contribution in [2.45, 2.75) is 12.1 Å². The van der Waals surface area contributed by atoms with Crippen LogP contribution in [0, 0.1) is 15.9 Å². The molecular weight excluding hydrogens is 295 g/mol. The van der Waals surface area contributed by atoms with Crippen molar-refractivity contribution >= 4 is 17.3 Å². The maximum Gasteiger partial charge on any atom is 0.254 e. The maximum absolute atomic E-state index is 13.0. The van der Waals surface area contributed by atoms with E-state index in [1.165, 1.54) is 12.1 Å². The van der Waals surface area contributed by atoms with Gasteiger partial charge in [-0.3, -0.25) is 10.1 Å². The molecule has 2 atom stereocenters. The lowest BCUT2D eigenvalue weighted by Gasteiger charge is -2.44. The molecule has 2 aromatic carbocycles. The first-order valence-corrected chi connectivity index (χ1v) is 6.86. The summed E-state index contributed by atoms with van der Waals surface area (Å²) in [7, 11) is 0. The average molecular weight is 307 g/mol. The van der Waals surface area contributed by atoms with Gasteiger partial charge in [0.1, 0.15) is 11.9 Å². The second-order valence-electron chi connectivity index (χ2n) is 4.95. The van der Waals surface area contributed by atoms with Gasteiger partial charge in [0.2, 0.25) is 0 Å². The van der Waals surface area contributed by atoms with Gasteiger partial charge in [0.15, 0.2) is 0 Å². The van der Waals surface area contributed by atoms with Crippen molar-refractivity contribution in [2.24, 2.45) is 0 Å². The third-order valence-electron chi connectivity index (χ3n) is 3.74. The van der Waals surface area contributed by atoms with Crippen LogP contribution >= 0.6 is 11.6 Å². The molecule has 1 aliphatic heterocycles. The molecule has 4 nitrogen and oxygen atoms in total. The van der Waals surface area contributed by atoms with Crippen molar-refractivity contribution in [1.29, 1.82) is 0 Å². The van der Waals surface area contributed by atoms with Gasteiger partial charge in [-0.05, 0) is 30.3 Å². The third kappa shape index (κ3) is 2.45. The Bertz CT molecular complexity index is 678. The first-order valence-electron chi connectivity index (χ1n) is 6.48. The number of nitro groups is 1. The van der Waals surface area contributed by atoms with Crippen LogP contribution in [0.5, 0.6) is 0 Å². The number of rotatable bonds is 3. The lowest BCUT2D eigenvalue weighted by atomic mass is 9.89. The Morgan fingerprint density at radius 3 is 2.48 bits per heavy atom. The smallest absolute Gasteiger partial charge is 0.254 e. The topological polar surface area (TPSA) is 46.4 Å². The summed E-state index contributed by atoms with van der Waals surface area (Å²) in [4.78, 5) is 12.8. The highest BCUT2D eigenvalue weighted by Crippen LogP contribution is 2.41. The highest BCUT2D eigenvalue weighted by Gasteiger charge is 2.49. The van der Waals surface area contributed by atoms with E-state index in [2.05, 4.69) is 0 Å². The summed E-state index contributed by atoms with van der Waals surface area (Å²) in [6.45, 7) is 0.286. The number of halogens is 2. The van der Waals surface area contributed by atoms with Crippen molar-refractivity contribution in [1.82, 2.24) is 0 Å². The molecule has 3 rings (SSSR count). The molecular formula is C15H12ClFN2O2. The van der Waals surface area contributed by atoms with Gasteiger partial charge in [0.25, 0.3) is 6.04 Å². The number of hydrogen-bond donors (Lipinski definition) is 0. The zero-order valence-electron chi connectivity index (χ0n) is 10.9. The normalized spacial score (nSPS) is 21.0. The Morgan fingerprint density at radius 2 is 1.86 bits per heavy atom. The van der Waals surface area contributed by atoms with Crippen molar-refractivity contribution in [3.8, 4) is 0 Å². The molecule has 0 radical (unpaired) electrons. The van der Waals surface area contributed by atoms with Crippen LogP contribution in [-0.4, -0.2) is 17.5 Å². The molecule has 6 heteroatoms. The molecule has 0 aliphatic carbocycles. The molecule has 1 aliphatic rings. The minimum atomic E-state index is -0.713. The van der Waals surface area contributed by atoms with Crippen LogP contribution < -0.4 is 4.90 Å². The van der Waals surface area contributed by atoms with Gasteiger partial charge in [0.05, 0.1) is 6.54 Å². The van der Waals surface area contributed by atoms with Crippen molar-refractivity contribution in [3.63, 3.8) is 0 Å². The molecule has 0 unspecified atom stereocenters. The van der Waals surface area contributed by atoms with Gasteiger partial charge in [-0.15, -0.1) is 0 Å². The molecule has 21 heavy (non-hydrogen) atoms. The predicted octanol–water partition coefficient (Wildman–Crippen LogP) is 3.69. The summed E-state index contributed by atoms with van der Waals surface area (Å²) in [5, 5.41) is 11.7. The maximum atomic E-state index is 13.0. The number of benzene rings is 2. The SMILES string of the molecule is O=[N+]([O-])[C@H]1CN(c2ccc(F)cc2)[C@@H]1c1ccccc1Cl. The fourth-order valence-corrected chi connectivity index (χ4v) is 2.90. The van der Waals surface area contributed by atoms with Gasteiger partial charge >= 0.3 is 0 Å². The summed E-state index contributed by atoms with van der Waals surface area (Å²) in [6, 6.07) is 11.9. The van der Waals surface area contributed by atoms with Gasteiger partial charge < -0.3 is 4.90 Å². The van der Waals surface area contributed by atoms with E-state index >= 15 is 0 Å². The van der Waals surface area contributed by atoms with E-state index in [0.29, 0.717) is 5.02 Å². The van der Waals surface area contributed by atoms with E-state index in [1.807, 2.05) is 4.90 Å². The summed E-state index contributed by atoms with van der Waals surface area (Å²) in [5.74, 6) is -0.334. The predicted molar refractivity (Wildman–Crippen MR) is 78.7 cm³/mol. The zero-order chi connectivity index (χ0) is 15.0. The van der Waals surface area contributed by atoms with Crippen LogP contribution in [0.15, 0.2) is 48.5 Å². The molecule has 1 heterocycles. The zero-order valence-corrected chi connectivity index (χ0v) is 11.7. The quantitative estimate of drug-likeness (QED) is 0.642. The summed E-state index contributed by atoms with van der Waals surface area (Å²) in [5.41, 5.74) is 1.47. The van der Waals surface area contributed by atoms with Crippen LogP contribution in [0.3, 0.4) is 0 Å². The van der Waals surface area contributed by atoms with E-state index in [0.717, 1.165) is 11.3 Å². The Balaban J connectivity index is 1.97. The molecule has 0 spiro atoms. The first-order chi connectivity index (χ1) is 10.1. The molecule has 0 saturated carbocycles. The number of hydrogen-bond acceptors (Lipinski definition) is 3. The minimum Gasteiger partial charge on any atom is -0.351 e. The fraction of sp³-hybridized carbons (Fsp3) is 0.200. The fourth-order valence-electron chi connectivity index (χ4n) is 2.66. The highest BCUT2D eigenvalue weighted by molar-refractivity contribution is 6.31. The third-order valence-corrected chi connectivity index (χ3v) is 4.08. The largest absolute Gasteiger partial charge is 0.351 e. The summed E-state index contributed by atoms with van der Waals surface area (Å²) < 4.78 is 13.0. The molecule has 0 aromatic heterocycles. The molecule has 1 fully saturated rings. The Kier molecular flexibility index (Phi) is 3.51. The molecule has 0 N–H and O–H groups in total. The lowest BCUT2D eigenvalue weighted by Crippen LogP contribution is -2.57. The second-order valence-corrected chi connectivity index (χ2v) is 5.36. The average Bonchev–Trinajstić information content (AvgIpc) is 2.42. The molecule has 0 bridgehead atoms. The van der Waals surface area contributed by atoms with E-state index < -0.39 is 12.1 Å². The van der Waals surface area contributed by atoms with E-state index in [-0.39, 0.29) is 17.3 Å². The van der Waals surface area contributed by atoms with Crippen LogP contribution in [0.25, 0.3) is 0 Å². The highest BCUT2D eigenvalue weighted by atomic mass is 35.5. The molecule has 108 valence electrons. The van der Waals surface area contributed by atoms with E-state index in [1.54, 1.807) is 36.4 Å². The number of anilines is 1. The second kappa shape index (κ2) is 5.33. The van der Waals surface area contributed by atoms with Crippen LogP contribution in [-0.2, 0) is 0 Å². The molecule has 1 saturated heterocycles. The van der Waals surface area contributed by atoms with Crippen LogP contribution in [0.1, 0.15) is 11.6 Å². The van der Waals surface area contributed by atoms with Crippen LogP contribution in [0.2, 0.25) is 5.02 Å². The monoisotopic (exact) mass is 306 g/mol. The first kappa shape index (κ1) is 13.8. The van der Waals surface area contributed by atoms with Gasteiger partial charge in [0, 0.05) is 21.2 Å². The van der Waals surface area contributed by atoms with Crippen molar-refractivity contribution in [3.05, 3.63) is 75.0 Å². The van der Waals surface area contributed by atoms with E-state index in [9.17, 15) is 14.5 Å². The Hall–Kier alpha value is -2.14. The van der Waals surface area contributed by atoms with Gasteiger partial charge in [-0.1, -0.05) is 29.8 Å². The Labute approximate surface area is 125 Å². The molecule has 2 aromatic rings. The van der Waals surface area contributed by atoms with Gasteiger partial charge in [-0.2, -0.15) is 0 Å². The van der Waals surface area contributed by atoms with Gasteiger partial charge in [-0.25, -0.2) is 4.39 Å². The minimum absolute atomic E-state index is 0.284. The van der Waals surface area contributed by atoms with Crippen LogP contribution in [0.4, 0.5) is 10.1 Å². The van der Waals surface area contributed by atoms with Crippen molar-refractivity contribution in [2.75, 3.05) is 11.4 Å². The lowest BCUT2D eigenvalue weighted by molar-refractivity contribution is -0.534. The Morgan fingerprint density at radius 1 is 1.19 bits per heavy atom. The number of nitrogens with zero attached hydrogens (tertiary/aromatic N) is 2. The summed E-state index contributed by atoms with van der Waals surface area (Å²) >= 11 is 6.17. The van der Waals surface area contributed by atoms with Crippen molar-refractivity contribution < 1.29 is 9.31 Å². The standard InChI is InChI=1S/C15H12ClFN2O2/c16-13-4-2-1-3-12(13)15-14(19(20)21)9-18(15)11-7-5-10(17)6-8-11/h1-8,14-15H,9H2/t14-,15+/m0/s1. The summed E-state index contributed by atoms with van der Waals surface area (Å²) in [6.07, 6.45) is 0. The van der Waals surface area contributed by atoms with E-state index in [4.69, 9.17) is 11.6 Å². The molecule has 0 amide bonds.